The largest absolute Gasteiger partial charge is 0.466 e. The van der Waals surface area contributed by atoms with E-state index in [1.807, 2.05) is 24.3 Å². The van der Waals surface area contributed by atoms with Crippen LogP contribution in [-0.4, -0.2) is 24.8 Å². The highest BCUT2D eigenvalue weighted by Crippen LogP contribution is 2.16. The van der Waals surface area contributed by atoms with Gasteiger partial charge in [0.2, 0.25) is 0 Å². The Morgan fingerprint density at radius 1 is 1.35 bits per heavy atom. The first-order valence-corrected chi connectivity index (χ1v) is 5.58. The molecule has 0 heterocycles. The highest BCUT2D eigenvalue weighted by Gasteiger charge is 2.08. The number of hydrogen-bond acceptors (Lipinski definition) is 3. The third-order valence-electron chi connectivity index (χ3n) is 2.56. The molecule has 0 unspecified atom stereocenters. The van der Waals surface area contributed by atoms with Gasteiger partial charge in [-0.05, 0) is 23.1 Å². The molecule has 1 N–H and O–H groups in total. The summed E-state index contributed by atoms with van der Waals surface area (Å²) in [5.41, 5.74) is 2.37. The van der Waals surface area contributed by atoms with Gasteiger partial charge in [0.15, 0.2) is 0 Å². The van der Waals surface area contributed by atoms with Crippen molar-refractivity contribution in [2.45, 2.75) is 19.8 Å². The predicted molar refractivity (Wildman–Crippen MR) is 67.6 cm³/mol. The first-order valence-electron chi connectivity index (χ1n) is 5.58. The van der Waals surface area contributed by atoms with Gasteiger partial charge in [0.1, 0.15) is 0 Å². The fraction of sp³-hybridized carbons (Fsp3) is 0.357. The molecular weight excluding hydrogens is 216 g/mol. The van der Waals surface area contributed by atoms with Crippen molar-refractivity contribution in [3.63, 3.8) is 0 Å². The summed E-state index contributed by atoms with van der Waals surface area (Å²) in [6.45, 7) is 3.93. The average Bonchev–Trinajstić information content (AvgIpc) is 2.35. The van der Waals surface area contributed by atoms with Crippen LogP contribution in [0.4, 0.5) is 0 Å². The van der Waals surface area contributed by atoms with Gasteiger partial charge in [0.25, 0.3) is 0 Å². The molecule has 0 aliphatic carbocycles. The minimum absolute atomic E-state index is 0.254. The maximum absolute atomic E-state index is 11.3. The van der Waals surface area contributed by atoms with Crippen molar-refractivity contribution in [3.05, 3.63) is 41.0 Å². The molecule has 92 valence electrons. The minimum atomic E-state index is -0.500. The Labute approximate surface area is 102 Å². The van der Waals surface area contributed by atoms with Crippen LogP contribution in [0.3, 0.4) is 0 Å². The predicted octanol–water partition coefficient (Wildman–Crippen LogP) is 2.36. The number of carbonyl (C=O) groups is 1. The molecule has 0 atom stereocenters. The van der Waals surface area contributed by atoms with E-state index in [4.69, 9.17) is 5.11 Å². The summed E-state index contributed by atoms with van der Waals surface area (Å²) in [5.74, 6) is -0.0219. The Hall–Kier alpha value is -1.61. The van der Waals surface area contributed by atoms with E-state index in [-0.39, 0.29) is 12.2 Å². The summed E-state index contributed by atoms with van der Waals surface area (Å²) >= 11 is 0. The summed E-state index contributed by atoms with van der Waals surface area (Å²) in [7, 11) is 1.30. The maximum Gasteiger partial charge on any atom is 0.336 e. The van der Waals surface area contributed by atoms with Gasteiger partial charge in [-0.15, -0.1) is 0 Å². The monoisotopic (exact) mass is 234 g/mol. The number of carbonyl (C=O) groups excluding carboxylic acids is 1. The number of aliphatic hydroxyl groups is 1. The van der Waals surface area contributed by atoms with Gasteiger partial charge < -0.3 is 9.84 Å². The van der Waals surface area contributed by atoms with E-state index < -0.39 is 5.97 Å². The normalized spacial score (nSPS) is 11.7. The van der Waals surface area contributed by atoms with E-state index in [1.54, 1.807) is 6.08 Å². The molecular formula is C14H18O3. The summed E-state index contributed by atoms with van der Waals surface area (Å²) in [6, 6.07) is 7.88. The topological polar surface area (TPSA) is 46.5 Å². The van der Waals surface area contributed by atoms with Gasteiger partial charge >= 0.3 is 5.97 Å². The highest BCUT2D eigenvalue weighted by molar-refractivity contribution is 5.93. The second-order valence-electron chi connectivity index (χ2n) is 4.14. The molecule has 0 saturated carbocycles. The zero-order valence-corrected chi connectivity index (χ0v) is 10.4. The fourth-order valence-electron chi connectivity index (χ4n) is 1.48. The maximum atomic E-state index is 11.3. The molecule has 0 aliphatic heterocycles. The molecule has 1 aromatic carbocycles. The fourth-order valence-corrected chi connectivity index (χ4v) is 1.48. The molecule has 3 nitrogen and oxygen atoms in total. The molecule has 0 radical (unpaired) electrons. The number of esters is 1. The zero-order valence-electron chi connectivity index (χ0n) is 10.4. The standard InChI is InChI=1S/C14H18O3/c1-10(2)12-6-4-11(5-7-12)8-13(9-15)14(16)17-3/h4-8,10,15H,9H2,1-3H3/b13-8+. The van der Waals surface area contributed by atoms with Gasteiger partial charge in [-0.1, -0.05) is 38.1 Å². The van der Waals surface area contributed by atoms with Crippen LogP contribution >= 0.6 is 0 Å². The second-order valence-corrected chi connectivity index (χ2v) is 4.14. The van der Waals surface area contributed by atoms with Crippen molar-refractivity contribution < 1.29 is 14.6 Å². The third-order valence-corrected chi connectivity index (χ3v) is 2.56. The van der Waals surface area contributed by atoms with Crippen LogP contribution in [0.1, 0.15) is 30.9 Å². The zero-order chi connectivity index (χ0) is 12.8. The molecule has 0 saturated heterocycles. The van der Waals surface area contributed by atoms with Gasteiger partial charge in [-0.3, -0.25) is 0 Å². The van der Waals surface area contributed by atoms with Crippen molar-refractivity contribution >= 4 is 12.0 Å². The van der Waals surface area contributed by atoms with Crippen LogP contribution in [0.25, 0.3) is 6.08 Å². The average molecular weight is 234 g/mol. The Kier molecular flexibility index (Phi) is 4.91. The van der Waals surface area contributed by atoms with E-state index in [1.165, 1.54) is 12.7 Å². The lowest BCUT2D eigenvalue weighted by atomic mass is 10.0. The van der Waals surface area contributed by atoms with E-state index in [9.17, 15) is 4.79 Å². The van der Waals surface area contributed by atoms with Crippen molar-refractivity contribution in [1.29, 1.82) is 0 Å². The van der Waals surface area contributed by atoms with Crippen LogP contribution in [0, 0.1) is 0 Å². The number of rotatable bonds is 4. The summed E-state index contributed by atoms with van der Waals surface area (Å²) in [6.07, 6.45) is 1.63. The number of aliphatic hydroxyl groups excluding tert-OH is 1. The van der Waals surface area contributed by atoms with Crippen LogP contribution < -0.4 is 0 Å². The Morgan fingerprint density at radius 2 is 1.94 bits per heavy atom. The van der Waals surface area contributed by atoms with E-state index >= 15 is 0 Å². The van der Waals surface area contributed by atoms with Crippen LogP contribution in [0.15, 0.2) is 29.8 Å². The molecule has 0 fully saturated rings. The molecule has 0 aromatic heterocycles. The number of ether oxygens (including phenoxy) is 1. The number of methoxy groups -OCH3 is 1. The second kappa shape index (κ2) is 6.21. The number of benzene rings is 1. The van der Waals surface area contributed by atoms with E-state index in [2.05, 4.69) is 18.6 Å². The Balaban J connectivity index is 2.93. The van der Waals surface area contributed by atoms with Crippen molar-refractivity contribution in [3.8, 4) is 0 Å². The smallest absolute Gasteiger partial charge is 0.336 e. The van der Waals surface area contributed by atoms with Gasteiger partial charge in [-0.2, -0.15) is 0 Å². The lowest BCUT2D eigenvalue weighted by Gasteiger charge is -2.06. The first kappa shape index (κ1) is 13.5. The van der Waals surface area contributed by atoms with Gasteiger partial charge in [0, 0.05) is 0 Å². The summed E-state index contributed by atoms with van der Waals surface area (Å²) in [4.78, 5) is 11.3. The molecule has 17 heavy (non-hydrogen) atoms. The Bertz CT molecular complexity index is 402. The molecule has 0 bridgehead atoms. The van der Waals surface area contributed by atoms with Gasteiger partial charge in [0.05, 0.1) is 19.3 Å². The lowest BCUT2D eigenvalue weighted by Crippen LogP contribution is -2.07. The molecule has 0 aliphatic rings. The van der Waals surface area contributed by atoms with Crippen LogP contribution in [0.5, 0.6) is 0 Å². The van der Waals surface area contributed by atoms with Crippen molar-refractivity contribution in [2.75, 3.05) is 13.7 Å². The van der Waals surface area contributed by atoms with E-state index in [0.717, 1.165) is 5.56 Å². The quantitative estimate of drug-likeness (QED) is 0.642. The molecule has 1 rings (SSSR count). The highest BCUT2D eigenvalue weighted by atomic mass is 16.5. The van der Waals surface area contributed by atoms with Crippen molar-refractivity contribution in [2.24, 2.45) is 0 Å². The molecule has 0 amide bonds. The molecule has 1 aromatic rings. The number of hydrogen-bond donors (Lipinski definition) is 1. The SMILES string of the molecule is COC(=O)/C(=C/c1ccc(C(C)C)cc1)CO. The Morgan fingerprint density at radius 3 is 2.35 bits per heavy atom. The minimum Gasteiger partial charge on any atom is -0.466 e. The molecule has 3 heteroatoms. The molecule has 0 spiro atoms. The van der Waals surface area contributed by atoms with Gasteiger partial charge in [-0.25, -0.2) is 4.79 Å². The van der Waals surface area contributed by atoms with Crippen molar-refractivity contribution in [1.82, 2.24) is 0 Å². The summed E-state index contributed by atoms with van der Waals surface area (Å²) < 4.78 is 4.57. The van der Waals surface area contributed by atoms with E-state index in [0.29, 0.717) is 5.92 Å². The first-order chi connectivity index (χ1) is 8.08. The third kappa shape index (κ3) is 3.71. The lowest BCUT2D eigenvalue weighted by molar-refractivity contribution is -0.136. The summed E-state index contributed by atoms with van der Waals surface area (Å²) in [5, 5.41) is 9.06. The van der Waals surface area contributed by atoms with Crippen LogP contribution in [-0.2, 0) is 9.53 Å². The van der Waals surface area contributed by atoms with Crippen LogP contribution in [0.2, 0.25) is 0 Å².